The summed E-state index contributed by atoms with van der Waals surface area (Å²) in [7, 11) is 1.64. The highest BCUT2D eigenvalue weighted by Crippen LogP contribution is 2.12. The number of carbonyl (C=O) groups excluding carboxylic acids is 1. The maximum Gasteiger partial charge on any atom is 0.256 e. The number of carbonyl (C=O) groups is 1. The number of aryl methyl sites for hydroxylation is 1. The predicted molar refractivity (Wildman–Crippen MR) is 62.9 cm³/mol. The van der Waals surface area contributed by atoms with Crippen LogP contribution in [0, 0.1) is 12.7 Å². The lowest BCUT2D eigenvalue weighted by atomic mass is 10.1. The van der Waals surface area contributed by atoms with Gasteiger partial charge in [-0.1, -0.05) is 18.2 Å². The third-order valence-corrected chi connectivity index (χ3v) is 2.21. The topological polar surface area (TPSA) is 20.3 Å². The van der Waals surface area contributed by atoms with Crippen LogP contribution in [0.15, 0.2) is 30.4 Å². The molecule has 0 aliphatic carbocycles. The Bertz CT molecular complexity index is 426. The molecular formula is C13H16FNO. The van der Waals surface area contributed by atoms with E-state index < -0.39 is 5.82 Å². The molecule has 0 aliphatic heterocycles. The van der Waals surface area contributed by atoms with Crippen molar-refractivity contribution in [2.75, 3.05) is 13.6 Å². The molecule has 0 heterocycles. The first-order valence-corrected chi connectivity index (χ1v) is 5.08. The molecule has 3 heteroatoms. The van der Waals surface area contributed by atoms with Gasteiger partial charge in [-0.2, -0.15) is 0 Å². The Labute approximate surface area is 95.4 Å². The smallest absolute Gasteiger partial charge is 0.256 e. The SMILES string of the molecule is C=C(C)CN(C)C(=O)c1ccc(C)cc1F. The van der Waals surface area contributed by atoms with Crippen LogP contribution in [-0.4, -0.2) is 24.4 Å². The van der Waals surface area contributed by atoms with Gasteiger partial charge >= 0.3 is 0 Å². The first kappa shape index (κ1) is 12.4. The molecule has 0 unspecified atom stereocenters. The summed E-state index contributed by atoms with van der Waals surface area (Å²) in [4.78, 5) is 13.3. The van der Waals surface area contributed by atoms with Crippen molar-refractivity contribution in [3.63, 3.8) is 0 Å². The normalized spacial score (nSPS) is 10.0. The van der Waals surface area contributed by atoms with Crippen LogP contribution in [0.5, 0.6) is 0 Å². The van der Waals surface area contributed by atoms with Gasteiger partial charge in [-0.05, 0) is 31.5 Å². The van der Waals surface area contributed by atoms with E-state index in [4.69, 9.17) is 0 Å². The molecule has 0 N–H and O–H groups in total. The highest BCUT2D eigenvalue weighted by Gasteiger charge is 2.15. The van der Waals surface area contributed by atoms with Crippen LogP contribution in [0.1, 0.15) is 22.8 Å². The van der Waals surface area contributed by atoms with Crippen molar-refractivity contribution >= 4 is 5.91 Å². The van der Waals surface area contributed by atoms with Crippen LogP contribution in [-0.2, 0) is 0 Å². The number of hydrogen-bond acceptors (Lipinski definition) is 1. The fourth-order valence-corrected chi connectivity index (χ4v) is 1.48. The highest BCUT2D eigenvalue weighted by molar-refractivity contribution is 5.94. The van der Waals surface area contributed by atoms with Crippen molar-refractivity contribution in [2.45, 2.75) is 13.8 Å². The second-order valence-electron chi connectivity index (χ2n) is 4.10. The van der Waals surface area contributed by atoms with Gasteiger partial charge in [0.15, 0.2) is 0 Å². The zero-order valence-corrected chi connectivity index (χ0v) is 9.88. The summed E-state index contributed by atoms with van der Waals surface area (Å²) in [6.45, 7) is 7.77. The summed E-state index contributed by atoms with van der Waals surface area (Å²) >= 11 is 0. The maximum atomic E-state index is 13.5. The molecule has 0 bridgehead atoms. The van der Waals surface area contributed by atoms with E-state index in [1.165, 1.54) is 17.0 Å². The minimum atomic E-state index is -0.474. The summed E-state index contributed by atoms with van der Waals surface area (Å²) < 4.78 is 13.5. The first-order valence-electron chi connectivity index (χ1n) is 5.08. The van der Waals surface area contributed by atoms with Crippen LogP contribution >= 0.6 is 0 Å². The first-order chi connectivity index (χ1) is 7.41. The Morgan fingerprint density at radius 3 is 2.62 bits per heavy atom. The fraction of sp³-hybridized carbons (Fsp3) is 0.308. The Balaban J connectivity index is 2.92. The van der Waals surface area contributed by atoms with Gasteiger partial charge < -0.3 is 4.90 Å². The van der Waals surface area contributed by atoms with Crippen molar-refractivity contribution in [2.24, 2.45) is 0 Å². The number of amides is 1. The number of nitrogens with zero attached hydrogens (tertiary/aromatic N) is 1. The van der Waals surface area contributed by atoms with E-state index in [1.807, 2.05) is 6.92 Å². The van der Waals surface area contributed by atoms with Gasteiger partial charge in [-0.15, -0.1) is 0 Å². The lowest BCUT2D eigenvalue weighted by molar-refractivity contribution is 0.0802. The van der Waals surface area contributed by atoms with Crippen molar-refractivity contribution in [1.82, 2.24) is 4.90 Å². The van der Waals surface area contributed by atoms with E-state index in [0.717, 1.165) is 11.1 Å². The summed E-state index contributed by atoms with van der Waals surface area (Å²) in [5, 5.41) is 0. The molecule has 0 aromatic heterocycles. The molecular weight excluding hydrogens is 205 g/mol. The number of rotatable bonds is 3. The minimum Gasteiger partial charge on any atom is -0.338 e. The molecule has 16 heavy (non-hydrogen) atoms. The van der Waals surface area contributed by atoms with Gasteiger partial charge in [0.25, 0.3) is 5.91 Å². The van der Waals surface area contributed by atoms with Crippen LogP contribution < -0.4 is 0 Å². The average molecular weight is 221 g/mol. The fourth-order valence-electron chi connectivity index (χ4n) is 1.48. The Morgan fingerprint density at radius 1 is 1.50 bits per heavy atom. The number of likely N-dealkylation sites (N-methyl/N-ethyl adjacent to an activating group) is 1. The van der Waals surface area contributed by atoms with Gasteiger partial charge in [0.1, 0.15) is 5.82 Å². The molecule has 1 aromatic rings. The van der Waals surface area contributed by atoms with E-state index in [2.05, 4.69) is 6.58 Å². The maximum absolute atomic E-state index is 13.5. The number of benzene rings is 1. The predicted octanol–water partition coefficient (Wildman–Crippen LogP) is 2.78. The molecule has 2 nitrogen and oxygen atoms in total. The van der Waals surface area contributed by atoms with Crippen molar-refractivity contribution in [3.05, 3.63) is 47.3 Å². The van der Waals surface area contributed by atoms with E-state index in [0.29, 0.717) is 6.54 Å². The molecule has 1 aromatic carbocycles. The number of hydrogen-bond donors (Lipinski definition) is 0. The molecule has 0 saturated heterocycles. The molecule has 0 aliphatic rings. The molecule has 0 radical (unpaired) electrons. The zero-order valence-electron chi connectivity index (χ0n) is 9.88. The van der Waals surface area contributed by atoms with Crippen LogP contribution in [0.25, 0.3) is 0 Å². The van der Waals surface area contributed by atoms with E-state index >= 15 is 0 Å². The molecule has 0 fully saturated rings. The van der Waals surface area contributed by atoms with Crippen molar-refractivity contribution in [3.8, 4) is 0 Å². The van der Waals surface area contributed by atoms with Crippen LogP contribution in [0.4, 0.5) is 4.39 Å². The quantitative estimate of drug-likeness (QED) is 0.719. The molecule has 0 atom stereocenters. The molecule has 1 amide bonds. The largest absolute Gasteiger partial charge is 0.338 e. The summed E-state index contributed by atoms with van der Waals surface area (Å²) in [5.74, 6) is -0.793. The van der Waals surface area contributed by atoms with E-state index in [9.17, 15) is 9.18 Å². The van der Waals surface area contributed by atoms with Gasteiger partial charge in [0.05, 0.1) is 5.56 Å². The molecule has 0 saturated carbocycles. The van der Waals surface area contributed by atoms with Crippen molar-refractivity contribution in [1.29, 1.82) is 0 Å². The summed E-state index contributed by atoms with van der Waals surface area (Å²) in [6.07, 6.45) is 0. The van der Waals surface area contributed by atoms with Gasteiger partial charge in [0, 0.05) is 13.6 Å². The molecule has 86 valence electrons. The molecule has 1 rings (SSSR count). The van der Waals surface area contributed by atoms with Gasteiger partial charge in [0.2, 0.25) is 0 Å². The second-order valence-corrected chi connectivity index (χ2v) is 4.10. The van der Waals surface area contributed by atoms with E-state index in [1.54, 1.807) is 20.0 Å². The zero-order chi connectivity index (χ0) is 12.3. The highest BCUT2D eigenvalue weighted by atomic mass is 19.1. The average Bonchev–Trinajstić information content (AvgIpc) is 2.15. The van der Waals surface area contributed by atoms with E-state index in [-0.39, 0.29) is 11.5 Å². The Kier molecular flexibility index (Phi) is 3.82. The second kappa shape index (κ2) is 4.92. The number of halogens is 1. The minimum absolute atomic E-state index is 0.106. The van der Waals surface area contributed by atoms with Gasteiger partial charge in [-0.25, -0.2) is 4.39 Å². The van der Waals surface area contributed by atoms with Crippen LogP contribution in [0.3, 0.4) is 0 Å². The third-order valence-electron chi connectivity index (χ3n) is 2.21. The summed E-state index contributed by atoms with van der Waals surface area (Å²) in [5.41, 5.74) is 1.77. The lowest BCUT2D eigenvalue weighted by Gasteiger charge is -2.17. The lowest BCUT2D eigenvalue weighted by Crippen LogP contribution is -2.28. The standard InChI is InChI=1S/C13H16FNO/c1-9(2)8-15(4)13(16)11-6-5-10(3)7-12(11)14/h5-7H,1,8H2,2-4H3. The Morgan fingerprint density at radius 2 is 2.12 bits per heavy atom. The van der Waals surface area contributed by atoms with Crippen molar-refractivity contribution < 1.29 is 9.18 Å². The summed E-state index contributed by atoms with van der Waals surface area (Å²) in [6, 6.07) is 4.61. The van der Waals surface area contributed by atoms with Gasteiger partial charge in [-0.3, -0.25) is 4.79 Å². The third kappa shape index (κ3) is 2.92. The van der Waals surface area contributed by atoms with Crippen LogP contribution in [0.2, 0.25) is 0 Å². The molecule has 0 spiro atoms. The monoisotopic (exact) mass is 221 g/mol. The Hall–Kier alpha value is -1.64.